The standard InChI is InChI=1S/C6H12NO2P.C3H8.C2H6/c1-4-2-5(6(8)9)7(10)3-4;1-3-2;1-2/h4-5H,2-3,10H2,1H3,(H,8,9);3H2,1-2H3;1-2H3. The molecule has 3 atom stereocenters. The number of aliphatic carboxylic acids is 1. The maximum absolute atomic E-state index is 10.5. The normalized spacial score (nSPS) is 24.7. The van der Waals surface area contributed by atoms with Crippen LogP contribution in [-0.4, -0.2) is 28.3 Å². The first kappa shape index (κ1) is 17.3. The first-order chi connectivity index (χ1) is 7.02. The highest BCUT2D eigenvalue weighted by Crippen LogP contribution is 2.25. The highest BCUT2D eigenvalue weighted by Gasteiger charge is 2.31. The fourth-order valence-electron chi connectivity index (χ4n) is 1.32. The fraction of sp³-hybridized carbons (Fsp3) is 0.909. The molecule has 1 fully saturated rings. The first-order valence-electron chi connectivity index (χ1n) is 5.77. The third-order valence-corrected chi connectivity index (χ3v) is 2.40. The van der Waals surface area contributed by atoms with Crippen molar-refractivity contribution >= 4 is 15.4 Å². The second-order valence-electron chi connectivity index (χ2n) is 3.60. The van der Waals surface area contributed by atoms with E-state index in [-0.39, 0.29) is 6.04 Å². The van der Waals surface area contributed by atoms with Crippen LogP contribution in [0, 0.1) is 5.92 Å². The molecule has 1 N–H and O–H groups in total. The van der Waals surface area contributed by atoms with Gasteiger partial charge in [0.25, 0.3) is 0 Å². The molecule has 1 heterocycles. The van der Waals surface area contributed by atoms with Crippen LogP contribution in [0.15, 0.2) is 0 Å². The molecular formula is C11H26NO2P. The summed E-state index contributed by atoms with van der Waals surface area (Å²) < 4.78 is 1.81. The van der Waals surface area contributed by atoms with Gasteiger partial charge in [0.1, 0.15) is 6.04 Å². The number of carbonyl (C=O) groups is 1. The molecule has 0 aromatic heterocycles. The van der Waals surface area contributed by atoms with Crippen molar-refractivity contribution in [2.75, 3.05) is 6.54 Å². The minimum Gasteiger partial charge on any atom is -0.480 e. The summed E-state index contributed by atoms with van der Waals surface area (Å²) in [6.07, 6.45) is 2.03. The molecule has 0 amide bonds. The highest BCUT2D eigenvalue weighted by atomic mass is 31.0. The van der Waals surface area contributed by atoms with Crippen LogP contribution in [0.3, 0.4) is 0 Å². The summed E-state index contributed by atoms with van der Waals surface area (Å²) >= 11 is 0. The number of hydrogen-bond donors (Lipinski definition) is 1. The summed E-state index contributed by atoms with van der Waals surface area (Å²) in [5.74, 6) is -0.196. The molecule has 0 spiro atoms. The van der Waals surface area contributed by atoms with Crippen LogP contribution in [0.5, 0.6) is 0 Å². The summed E-state index contributed by atoms with van der Waals surface area (Å²) in [7, 11) is 2.46. The Hall–Kier alpha value is -0.140. The Morgan fingerprint density at radius 2 is 1.87 bits per heavy atom. The summed E-state index contributed by atoms with van der Waals surface area (Å²) in [6, 6.07) is -0.278. The molecule has 92 valence electrons. The average molecular weight is 235 g/mol. The van der Waals surface area contributed by atoms with Crippen molar-refractivity contribution < 1.29 is 9.90 Å². The first-order valence-corrected chi connectivity index (χ1v) is 6.28. The predicted molar refractivity (Wildman–Crippen MR) is 68.9 cm³/mol. The predicted octanol–water partition coefficient (Wildman–Crippen LogP) is 3.01. The van der Waals surface area contributed by atoms with E-state index in [2.05, 4.69) is 30.2 Å². The molecule has 1 aliphatic heterocycles. The molecule has 1 rings (SSSR count). The Kier molecular flexibility index (Phi) is 11.9. The van der Waals surface area contributed by atoms with Gasteiger partial charge in [0, 0.05) is 6.54 Å². The van der Waals surface area contributed by atoms with E-state index in [0.29, 0.717) is 5.92 Å². The second kappa shape index (κ2) is 10.4. The zero-order valence-corrected chi connectivity index (χ0v) is 11.8. The van der Waals surface area contributed by atoms with Gasteiger partial charge >= 0.3 is 5.97 Å². The minimum absolute atomic E-state index is 0.278. The van der Waals surface area contributed by atoms with Crippen LogP contribution >= 0.6 is 9.39 Å². The lowest BCUT2D eigenvalue weighted by Gasteiger charge is -2.12. The Morgan fingerprint density at radius 1 is 1.47 bits per heavy atom. The van der Waals surface area contributed by atoms with Gasteiger partial charge in [-0.2, -0.15) is 0 Å². The lowest BCUT2D eigenvalue weighted by atomic mass is 10.1. The lowest BCUT2D eigenvalue weighted by molar-refractivity contribution is -0.140. The number of hydrogen-bond acceptors (Lipinski definition) is 2. The Labute approximate surface area is 96.5 Å². The van der Waals surface area contributed by atoms with Crippen LogP contribution < -0.4 is 0 Å². The summed E-state index contributed by atoms with van der Waals surface area (Å²) in [5.41, 5.74) is 0. The average Bonchev–Trinajstić information content (AvgIpc) is 2.50. The number of carboxylic acids is 1. The van der Waals surface area contributed by atoms with Gasteiger partial charge in [-0.1, -0.05) is 50.4 Å². The van der Waals surface area contributed by atoms with Crippen LogP contribution in [0.4, 0.5) is 0 Å². The molecule has 0 radical (unpaired) electrons. The lowest BCUT2D eigenvalue weighted by Crippen LogP contribution is -2.28. The van der Waals surface area contributed by atoms with E-state index < -0.39 is 5.97 Å². The van der Waals surface area contributed by atoms with Gasteiger partial charge in [0.15, 0.2) is 0 Å². The Balaban J connectivity index is 0. The molecule has 4 heteroatoms. The third-order valence-electron chi connectivity index (χ3n) is 1.83. The second-order valence-corrected chi connectivity index (χ2v) is 4.26. The van der Waals surface area contributed by atoms with Crippen molar-refractivity contribution in [3.63, 3.8) is 0 Å². The number of nitrogens with zero attached hydrogens (tertiary/aromatic N) is 1. The number of carboxylic acid groups (broad SMARTS) is 1. The zero-order chi connectivity index (χ0) is 12.4. The van der Waals surface area contributed by atoms with E-state index in [0.717, 1.165) is 13.0 Å². The summed E-state index contributed by atoms with van der Waals surface area (Å²) in [5, 5.41) is 8.65. The van der Waals surface area contributed by atoms with Crippen molar-refractivity contribution in [2.45, 2.75) is 53.5 Å². The summed E-state index contributed by atoms with van der Waals surface area (Å²) in [4.78, 5) is 10.5. The fourth-order valence-corrected chi connectivity index (χ4v) is 1.93. The van der Waals surface area contributed by atoms with Gasteiger partial charge in [0.2, 0.25) is 0 Å². The third kappa shape index (κ3) is 7.75. The summed E-state index contributed by atoms with van der Waals surface area (Å²) in [6.45, 7) is 11.2. The largest absolute Gasteiger partial charge is 0.480 e. The van der Waals surface area contributed by atoms with E-state index in [1.54, 1.807) is 0 Å². The minimum atomic E-state index is -0.709. The van der Waals surface area contributed by atoms with Crippen molar-refractivity contribution in [1.82, 2.24) is 4.67 Å². The molecule has 0 aromatic rings. The van der Waals surface area contributed by atoms with Crippen LogP contribution in [0.2, 0.25) is 0 Å². The zero-order valence-electron chi connectivity index (χ0n) is 10.7. The van der Waals surface area contributed by atoms with Crippen molar-refractivity contribution in [3.05, 3.63) is 0 Å². The quantitative estimate of drug-likeness (QED) is 0.710. The monoisotopic (exact) mass is 235 g/mol. The van der Waals surface area contributed by atoms with Gasteiger partial charge in [-0.3, -0.25) is 9.46 Å². The van der Waals surface area contributed by atoms with Gasteiger partial charge in [0.05, 0.1) is 0 Å². The molecule has 0 aliphatic carbocycles. The van der Waals surface area contributed by atoms with E-state index >= 15 is 0 Å². The van der Waals surface area contributed by atoms with E-state index in [1.807, 2.05) is 18.5 Å². The molecule has 0 aromatic carbocycles. The van der Waals surface area contributed by atoms with Gasteiger partial charge in [-0.05, 0) is 12.3 Å². The van der Waals surface area contributed by atoms with Gasteiger partial charge < -0.3 is 5.11 Å². The Morgan fingerprint density at radius 3 is 2.00 bits per heavy atom. The highest BCUT2D eigenvalue weighted by molar-refractivity contribution is 7.13. The number of rotatable bonds is 1. The van der Waals surface area contributed by atoms with E-state index in [9.17, 15) is 4.79 Å². The molecule has 0 saturated carbocycles. The van der Waals surface area contributed by atoms with Gasteiger partial charge in [-0.15, -0.1) is 0 Å². The van der Waals surface area contributed by atoms with E-state index in [4.69, 9.17) is 5.11 Å². The molecular weight excluding hydrogens is 209 g/mol. The van der Waals surface area contributed by atoms with Crippen LogP contribution in [0.25, 0.3) is 0 Å². The molecule has 1 aliphatic rings. The topological polar surface area (TPSA) is 40.5 Å². The van der Waals surface area contributed by atoms with Crippen molar-refractivity contribution in [2.24, 2.45) is 5.92 Å². The molecule has 1 saturated heterocycles. The molecule has 15 heavy (non-hydrogen) atoms. The van der Waals surface area contributed by atoms with Crippen LogP contribution in [-0.2, 0) is 4.79 Å². The maximum Gasteiger partial charge on any atom is 0.321 e. The molecule has 3 unspecified atom stereocenters. The van der Waals surface area contributed by atoms with Crippen molar-refractivity contribution in [3.8, 4) is 0 Å². The molecule has 0 bridgehead atoms. The van der Waals surface area contributed by atoms with E-state index in [1.165, 1.54) is 6.42 Å². The maximum atomic E-state index is 10.5. The van der Waals surface area contributed by atoms with Crippen molar-refractivity contribution in [1.29, 1.82) is 0 Å². The van der Waals surface area contributed by atoms with Gasteiger partial charge in [-0.25, -0.2) is 0 Å². The molecule has 3 nitrogen and oxygen atoms in total. The Bertz CT molecular complexity index is 165. The smallest absolute Gasteiger partial charge is 0.321 e. The van der Waals surface area contributed by atoms with Crippen LogP contribution in [0.1, 0.15) is 47.5 Å². The SMILES string of the molecule is CC.CC1CC(C(=O)O)N(P)C1.CCC.